The van der Waals surface area contributed by atoms with E-state index in [9.17, 15) is 4.39 Å². The Labute approximate surface area is 192 Å². The molecule has 168 valence electrons. The van der Waals surface area contributed by atoms with E-state index in [0.29, 0.717) is 30.0 Å². The first-order valence-corrected chi connectivity index (χ1v) is 10.9. The normalized spacial score (nSPS) is 14.3. The first-order chi connectivity index (χ1) is 15.6. The molecule has 0 unspecified atom stereocenters. The van der Waals surface area contributed by atoms with Crippen LogP contribution in [-0.2, 0) is 0 Å². The average molecular weight is 456 g/mol. The largest absolute Gasteiger partial charge is 0.496 e. The number of rotatable bonds is 7. The fourth-order valence-electron chi connectivity index (χ4n) is 3.74. The Balaban J connectivity index is 1.32. The molecule has 8 heteroatoms. The van der Waals surface area contributed by atoms with E-state index in [2.05, 4.69) is 27.5 Å². The molecule has 0 radical (unpaired) electrons. The first-order valence-electron chi connectivity index (χ1n) is 10.5. The fraction of sp³-hybridized carbons (Fsp3) is 0.333. The third kappa shape index (κ3) is 5.07. The Morgan fingerprint density at radius 2 is 1.66 bits per heavy atom. The monoisotopic (exact) mass is 455 g/mol. The molecule has 0 saturated carbocycles. The summed E-state index contributed by atoms with van der Waals surface area (Å²) in [4.78, 5) is 11.6. The second-order valence-corrected chi connectivity index (χ2v) is 8.18. The molecule has 0 atom stereocenters. The highest BCUT2D eigenvalue weighted by molar-refractivity contribution is 7.80. The Morgan fingerprint density at radius 1 is 0.969 bits per heavy atom. The van der Waals surface area contributed by atoms with Crippen molar-refractivity contribution in [3.63, 3.8) is 0 Å². The van der Waals surface area contributed by atoms with Crippen LogP contribution in [0.5, 0.6) is 17.2 Å². The Morgan fingerprint density at radius 3 is 2.31 bits per heavy atom. The standard InChI is InChI=1S/C24H26FN3O3S/c1-29-19-13-26-24(27-14-19)28-9-7-16(8-10-28)15-31-21-5-3-17(11-20(21)25)18-4-6-23(32)22(12-18)30-2/h3-6,11-14,16,32H,7-10,15H2,1-2H3. The lowest BCUT2D eigenvalue weighted by Crippen LogP contribution is -2.36. The highest BCUT2D eigenvalue weighted by Crippen LogP contribution is 2.32. The molecule has 4 rings (SSSR count). The number of benzene rings is 2. The summed E-state index contributed by atoms with van der Waals surface area (Å²) in [6, 6.07) is 10.6. The van der Waals surface area contributed by atoms with Gasteiger partial charge >= 0.3 is 0 Å². The molecule has 32 heavy (non-hydrogen) atoms. The van der Waals surface area contributed by atoms with Crippen LogP contribution in [0.2, 0.25) is 0 Å². The van der Waals surface area contributed by atoms with Gasteiger partial charge < -0.3 is 19.1 Å². The number of nitrogens with zero attached hydrogens (tertiary/aromatic N) is 3. The van der Waals surface area contributed by atoms with Gasteiger partial charge in [0.2, 0.25) is 5.95 Å². The van der Waals surface area contributed by atoms with Crippen molar-refractivity contribution in [1.29, 1.82) is 0 Å². The molecule has 0 spiro atoms. The van der Waals surface area contributed by atoms with Crippen LogP contribution >= 0.6 is 12.6 Å². The smallest absolute Gasteiger partial charge is 0.225 e. The zero-order valence-electron chi connectivity index (χ0n) is 18.1. The third-order valence-electron chi connectivity index (χ3n) is 5.67. The van der Waals surface area contributed by atoms with Crippen LogP contribution in [0.3, 0.4) is 0 Å². The predicted octanol–water partition coefficient (Wildman–Crippen LogP) is 4.88. The Bertz CT molecular complexity index is 1060. The average Bonchev–Trinajstić information content (AvgIpc) is 2.84. The van der Waals surface area contributed by atoms with Crippen molar-refractivity contribution in [2.24, 2.45) is 5.92 Å². The van der Waals surface area contributed by atoms with Gasteiger partial charge in [-0.05, 0) is 54.2 Å². The van der Waals surface area contributed by atoms with Crippen LogP contribution in [0.15, 0.2) is 53.7 Å². The minimum atomic E-state index is -0.375. The van der Waals surface area contributed by atoms with E-state index in [4.69, 9.17) is 14.2 Å². The lowest BCUT2D eigenvalue weighted by atomic mass is 9.98. The molecule has 0 amide bonds. The number of methoxy groups -OCH3 is 2. The molecule has 1 aromatic heterocycles. The molecule has 3 aromatic rings. The molecule has 1 aliphatic rings. The summed E-state index contributed by atoms with van der Waals surface area (Å²) in [6.45, 7) is 2.16. The van der Waals surface area contributed by atoms with Gasteiger partial charge in [0.25, 0.3) is 0 Å². The highest BCUT2D eigenvalue weighted by Gasteiger charge is 2.22. The molecule has 0 N–H and O–H groups in total. The van der Waals surface area contributed by atoms with Gasteiger partial charge in [0, 0.05) is 18.0 Å². The molecule has 1 fully saturated rings. The minimum Gasteiger partial charge on any atom is -0.496 e. The van der Waals surface area contributed by atoms with E-state index < -0.39 is 0 Å². The van der Waals surface area contributed by atoms with Gasteiger partial charge in [-0.3, -0.25) is 0 Å². The van der Waals surface area contributed by atoms with Gasteiger partial charge in [0.1, 0.15) is 5.75 Å². The van der Waals surface area contributed by atoms with Crippen LogP contribution in [0.4, 0.5) is 10.3 Å². The maximum absolute atomic E-state index is 14.7. The maximum Gasteiger partial charge on any atom is 0.225 e. The molecular weight excluding hydrogens is 429 g/mol. The maximum atomic E-state index is 14.7. The zero-order chi connectivity index (χ0) is 22.5. The van der Waals surface area contributed by atoms with Crippen molar-refractivity contribution in [2.45, 2.75) is 17.7 Å². The van der Waals surface area contributed by atoms with Crippen LogP contribution in [0.25, 0.3) is 11.1 Å². The van der Waals surface area contributed by atoms with Crippen LogP contribution in [0.1, 0.15) is 12.8 Å². The summed E-state index contributed by atoms with van der Waals surface area (Å²) in [5.74, 6) is 2.25. The van der Waals surface area contributed by atoms with Gasteiger partial charge in [-0.25, -0.2) is 14.4 Å². The molecule has 1 aliphatic heterocycles. The second-order valence-electron chi connectivity index (χ2n) is 7.70. The van der Waals surface area contributed by atoms with E-state index in [1.54, 1.807) is 32.7 Å². The quantitative estimate of drug-likeness (QED) is 0.513. The van der Waals surface area contributed by atoms with Gasteiger partial charge in [-0.2, -0.15) is 0 Å². The number of ether oxygens (including phenoxy) is 3. The number of aromatic nitrogens is 2. The molecule has 2 heterocycles. The molecule has 0 bridgehead atoms. The molecule has 0 aliphatic carbocycles. The number of anilines is 1. The van der Waals surface area contributed by atoms with Crippen molar-refractivity contribution >= 4 is 18.6 Å². The van der Waals surface area contributed by atoms with Crippen molar-refractivity contribution in [3.05, 3.63) is 54.6 Å². The van der Waals surface area contributed by atoms with E-state index in [1.807, 2.05) is 24.3 Å². The minimum absolute atomic E-state index is 0.271. The zero-order valence-corrected chi connectivity index (χ0v) is 19.0. The van der Waals surface area contributed by atoms with Crippen molar-refractivity contribution in [3.8, 4) is 28.4 Å². The van der Waals surface area contributed by atoms with E-state index in [0.717, 1.165) is 42.0 Å². The summed E-state index contributed by atoms with van der Waals surface area (Å²) in [5, 5.41) is 0. The Kier molecular flexibility index (Phi) is 6.99. The predicted molar refractivity (Wildman–Crippen MR) is 125 cm³/mol. The number of thiol groups is 1. The van der Waals surface area contributed by atoms with Crippen LogP contribution in [-0.4, -0.2) is 43.9 Å². The van der Waals surface area contributed by atoms with Crippen molar-refractivity contribution < 1.29 is 18.6 Å². The molecule has 6 nitrogen and oxygen atoms in total. The summed E-state index contributed by atoms with van der Waals surface area (Å²) in [7, 11) is 3.18. The topological polar surface area (TPSA) is 56.7 Å². The SMILES string of the molecule is COc1cnc(N2CCC(COc3ccc(-c4ccc(S)c(OC)c4)cc3F)CC2)nc1. The first kappa shape index (κ1) is 22.2. The van der Waals surface area contributed by atoms with Gasteiger partial charge in [-0.15, -0.1) is 12.6 Å². The number of hydrogen-bond acceptors (Lipinski definition) is 7. The number of hydrogen-bond donors (Lipinski definition) is 1. The fourth-order valence-corrected chi connectivity index (χ4v) is 3.97. The number of halogens is 1. The lowest BCUT2D eigenvalue weighted by Gasteiger charge is -2.31. The van der Waals surface area contributed by atoms with Crippen LogP contribution < -0.4 is 19.1 Å². The molecular formula is C24H26FN3O3S. The van der Waals surface area contributed by atoms with Crippen molar-refractivity contribution in [2.75, 3.05) is 38.8 Å². The molecule has 2 aromatic carbocycles. The molecule has 1 saturated heterocycles. The summed E-state index contributed by atoms with van der Waals surface area (Å²) in [6.07, 6.45) is 5.22. The summed E-state index contributed by atoms with van der Waals surface area (Å²) >= 11 is 4.35. The summed E-state index contributed by atoms with van der Waals surface area (Å²) < 4.78 is 30.9. The van der Waals surface area contributed by atoms with Crippen molar-refractivity contribution in [1.82, 2.24) is 9.97 Å². The van der Waals surface area contributed by atoms with E-state index in [1.165, 1.54) is 6.07 Å². The second kappa shape index (κ2) is 10.1. The summed E-state index contributed by atoms with van der Waals surface area (Å²) in [5.41, 5.74) is 1.62. The van der Waals surface area contributed by atoms with E-state index >= 15 is 0 Å². The lowest BCUT2D eigenvalue weighted by molar-refractivity contribution is 0.215. The van der Waals surface area contributed by atoms with Gasteiger partial charge in [-0.1, -0.05) is 12.1 Å². The third-order valence-corrected chi connectivity index (χ3v) is 6.04. The highest BCUT2D eigenvalue weighted by atomic mass is 32.1. The Hall–Kier alpha value is -3.00. The van der Waals surface area contributed by atoms with Crippen LogP contribution in [0, 0.1) is 11.7 Å². The van der Waals surface area contributed by atoms with Gasteiger partial charge in [0.05, 0.1) is 33.2 Å². The van der Waals surface area contributed by atoms with Gasteiger partial charge in [0.15, 0.2) is 17.3 Å². The van der Waals surface area contributed by atoms with E-state index in [-0.39, 0.29) is 11.6 Å². The number of piperidine rings is 1.